The molecule has 3 aromatic rings. The first-order valence-corrected chi connectivity index (χ1v) is 8.81. The van der Waals surface area contributed by atoms with Crippen LogP contribution in [-0.4, -0.2) is 26.8 Å². The zero-order chi connectivity index (χ0) is 19.0. The molecule has 136 valence electrons. The second-order valence-electron chi connectivity index (χ2n) is 5.78. The molecule has 3 N–H and O–H groups in total. The number of carboxylic acid groups (broad SMARTS) is 1. The lowest BCUT2D eigenvalue weighted by Crippen LogP contribution is -2.25. The molecular formula is C18H13FN4O3S. The summed E-state index contributed by atoms with van der Waals surface area (Å²) in [6, 6.07) is 8.65. The number of hydrogen-bond acceptors (Lipinski definition) is 5. The lowest BCUT2D eigenvalue weighted by Gasteiger charge is -2.23. The number of halogens is 1. The third kappa shape index (κ3) is 3.20. The number of aliphatic carboxylic acids is 1. The predicted molar refractivity (Wildman–Crippen MR) is 98.4 cm³/mol. The molecule has 0 spiro atoms. The zero-order valence-electron chi connectivity index (χ0n) is 13.7. The molecule has 0 unspecified atom stereocenters. The van der Waals surface area contributed by atoms with Crippen molar-refractivity contribution in [2.75, 3.05) is 10.6 Å². The van der Waals surface area contributed by atoms with Gasteiger partial charge in [-0.15, -0.1) is 11.3 Å². The number of hydrogen-bond donors (Lipinski definition) is 3. The fraction of sp³-hybridized carbons (Fsp3) is 0.0556. The van der Waals surface area contributed by atoms with Gasteiger partial charge in [-0.05, 0) is 41.8 Å². The fourth-order valence-electron chi connectivity index (χ4n) is 2.78. The predicted octanol–water partition coefficient (Wildman–Crippen LogP) is 3.32. The van der Waals surface area contributed by atoms with Gasteiger partial charge in [-0.25, -0.2) is 13.9 Å². The molecule has 0 bridgehead atoms. The lowest BCUT2D eigenvalue weighted by atomic mass is 10.1. The van der Waals surface area contributed by atoms with E-state index in [0.29, 0.717) is 5.69 Å². The van der Waals surface area contributed by atoms with E-state index in [9.17, 15) is 19.1 Å². The van der Waals surface area contributed by atoms with Crippen LogP contribution >= 0.6 is 11.3 Å². The first-order chi connectivity index (χ1) is 13.0. The Morgan fingerprint density at radius 2 is 2.04 bits per heavy atom. The van der Waals surface area contributed by atoms with Gasteiger partial charge in [-0.2, -0.15) is 5.10 Å². The molecule has 4 rings (SSSR count). The number of rotatable bonds is 4. The molecule has 9 heteroatoms. The van der Waals surface area contributed by atoms with E-state index in [1.54, 1.807) is 10.8 Å². The summed E-state index contributed by atoms with van der Waals surface area (Å²) in [7, 11) is 0. The van der Waals surface area contributed by atoms with E-state index in [0.717, 1.165) is 4.88 Å². The van der Waals surface area contributed by atoms with Gasteiger partial charge in [0.15, 0.2) is 0 Å². The van der Waals surface area contributed by atoms with Crippen molar-refractivity contribution in [1.82, 2.24) is 9.78 Å². The third-order valence-corrected chi connectivity index (χ3v) is 4.99. The quantitative estimate of drug-likeness (QED) is 0.641. The monoisotopic (exact) mass is 384 g/mol. The van der Waals surface area contributed by atoms with Crippen LogP contribution in [0, 0.1) is 5.82 Å². The summed E-state index contributed by atoms with van der Waals surface area (Å²) in [5, 5.41) is 21.0. The highest BCUT2D eigenvalue weighted by Crippen LogP contribution is 2.34. The van der Waals surface area contributed by atoms with Crippen molar-refractivity contribution in [3.63, 3.8) is 0 Å². The van der Waals surface area contributed by atoms with Crippen molar-refractivity contribution in [2.24, 2.45) is 0 Å². The van der Waals surface area contributed by atoms with E-state index in [4.69, 9.17) is 0 Å². The number of fused-ring (bicyclic) bond motifs is 1. The molecule has 27 heavy (non-hydrogen) atoms. The number of anilines is 2. The number of carbonyl (C=O) groups excluding carboxylic acids is 1. The summed E-state index contributed by atoms with van der Waals surface area (Å²) in [4.78, 5) is 25.0. The van der Waals surface area contributed by atoms with Crippen LogP contribution in [0.25, 0.3) is 0 Å². The molecule has 0 saturated carbocycles. The van der Waals surface area contributed by atoms with Gasteiger partial charge in [0.25, 0.3) is 5.91 Å². The van der Waals surface area contributed by atoms with Crippen molar-refractivity contribution >= 4 is 34.7 Å². The molecule has 1 aliphatic rings. The average Bonchev–Trinajstić information content (AvgIpc) is 3.32. The highest BCUT2D eigenvalue weighted by atomic mass is 32.1. The van der Waals surface area contributed by atoms with E-state index in [2.05, 4.69) is 15.7 Å². The zero-order valence-corrected chi connectivity index (χ0v) is 14.5. The molecule has 7 nitrogen and oxygen atoms in total. The number of carboxylic acids is 1. The summed E-state index contributed by atoms with van der Waals surface area (Å²) in [5.74, 6) is -1.73. The molecule has 3 heterocycles. The van der Waals surface area contributed by atoms with Gasteiger partial charge in [-0.1, -0.05) is 6.07 Å². The first-order valence-electron chi connectivity index (χ1n) is 7.93. The maximum absolute atomic E-state index is 13.0. The lowest BCUT2D eigenvalue weighted by molar-refractivity contribution is -0.132. The van der Waals surface area contributed by atoms with E-state index in [-0.39, 0.29) is 17.1 Å². The van der Waals surface area contributed by atoms with Crippen LogP contribution in [0.2, 0.25) is 0 Å². The maximum atomic E-state index is 13.0. The van der Waals surface area contributed by atoms with Crippen molar-refractivity contribution in [3.05, 3.63) is 76.0 Å². The smallest absolute Gasteiger partial charge is 0.352 e. The van der Waals surface area contributed by atoms with E-state index in [1.807, 2.05) is 17.5 Å². The van der Waals surface area contributed by atoms with E-state index in [1.165, 1.54) is 41.8 Å². The summed E-state index contributed by atoms with van der Waals surface area (Å²) in [5.41, 5.74) is 0.575. The maximum Gasteiger partial charge on any atom is 0.352 e. The standard InChI is InChI=1S/C18H13FN4O3S/c19-10-3-5-11(6-4-10)21-17(24)12-9-20-23-14(15-2-1-7-27-15)8-13(18(25)26)22-16(12)23/h1-9,14,22H,(H,21,24)(H,25,26)/t14-/m0/s1. The molecule has 1 amide bonds. The Kier molecular flexibility index (Phi) is 4.21. The van der Waals surface area contributed by atoms with Crippen LogP contribution in [0.5, 0.6) is 0 Å². The number of nitrogens with one attached hydrogen (secondary N) is 2. The van der Waals surface area contributed by atoms with E-state index < -0.39 is 23.7 Å². The SMILES string of the molecule is O=C(O)C1=C[C@@H](c2cccs2)n2ncc(C(=O)Nc3ccc(F)cc3)c2N1. The van der Waals surface area contributed by atoms with Gasteiger partial charge in [-0.3, -0.25) is 4.79 Å². The molecule has 1 aromatic carbocycles. The van der Waals surface area contributed by atoms with Crippen LogP contribution < -0.4 is 10.6 Å². The number of carbonyl (C=O) groups is 2. The molecule has 1 aliphatic heterocycles. The topological polar surface area (TPSA) is 96.2 Å². The Morgan fingerprint density at radius 1 is 1.26 bits per heavy atom. The van der Waals surface area contributed by atoms with Crippen molar-refractivity contribution in [3.8, 4) is 0 Å². The Balaban J connectivity index is 1.69. The van der Waals surface area contributed by atoms with Gasteiger partial charge in [0.2, 0.25) is 0 Å². The van der Waals surface area contributed by atoms with Crippen LogP contribution in [0.15, 0.2) is 59.7 Å². The highest BCUT2D eigenvalue weighted by molar-refractivity contribution is 7.10. The molecule has 2 aromatic heterocycles. The fourth-order valence-corrected chi connectivity index (χ4v) is 3.56. The van der Waals surface area contributed by atoms with Crippen molar-refractivity contribution in [2.45, 2.75) is 6.04 Å². The second kappa shape index (κ2) is 6.69. The van der Waals surface area contributed by atoms with E-state index >= 15 is 0 Å². The van der Waals surface area contributed by atoms with Gasteiger partial charge in [0.05, 0.1) is 6.20 Å². The number of allylic oxidation sites excluding steroid dienone is 1. The molecular weight excluding hydrogens is 371 g/mol. The largest absolute Gasteiger partial charge is 0.477 e. The number of benzene rings is 1. The van der Waals surface area contributed by atoms with Crippen molar-refractivity contribution in [1.29, 1.82) is 0 Å². The highest BCUT2D eigenvalue weighted by Gasteiger charge is 2.29. The van der Waals surface area contributed by atoms with Crippen LogP contribution in [0.4, 0.5) is 15.9 Å². The average molecular weight is 384 g/mol. The second-order valence-corrected chi connectivity index (χ2v) is 6.76. The number of amides is 1. The molecule has 0 radical (unpaired) electrons. The van der Waals surface area contributed by atoms with Crippen LogP contribution in [0.3, 0.4) is 0 Å². The van der Waals surface area contributed by atoms with Crippen molar-refractivity contribution < 1.29 is 19.1 Å². The van der Waals surface area contributed by atoms with Gasteiger partial charge in [0, 0.05) is 10.6 Å². The minimum absolute atomic E-state index is 0.0303. The molecule has 0 fully saturated rings. The summed E-state index contributed by atoms with van der Waals surface area (Å²) < 4.78 is 14.6. The summed E-state index contributed by atoms with van der Waals surface area (Å²) in [6.07, 6.45) is 2.93. The number of thiophene rings is 1. The minimum Gasteiger partial charge on any atom is -0.477 e. The molecule has 1 atom stereocenters. The number of nitrogens with zero attached hydrogens (tertiary/aromatic N) is 2. The number of aromatic nitrogens is 2. The van der Waals surface area contributed by atoms with Crippen LogP contribution in [0.1, 0.15) is 21.3 Å². The normalized spacial score (nSPS) is 15.4. The molecule has 0 aliphatic carbocycles. The summed E-state index contributed by atoms with van der Waals surface area (Å²) >= 11 is 1.47. The Hall–Kier alpha value is -3.46. The third-order valence-electron chi connectivity index (χ3n) is 4.05. The van der Waals surface area contributed by atoms with Crippen LogP contribution in [-0.2, 0) is 4.79 Å². The molecule has 0 saturated heterocycles. The first kappa shape index (κ1) is 17.0. The van der Waals surface area contributed by atoms with Gasteiger partial charge in [0.1, 0.15) is 28.9 Å². The summed E-state index contributed by atoms with van der Waals surface area (Å²) in [6.45, 7) is 0. The van der Waals surface area contributed by atoms with Gasteiger partial charge >= 0.3 is 5.97 Å². The minimum atomic E-state index is -1.13. The Bertz CT molecular complexity index is 1040. The Morgan fingerprint density at radius 3 is 2.70 bits per heavy atom. The van der Waals surface area contributed by atoms with Gasteiger partial charge < -0.3 is 15.7 Å². The Labute approximate surface area is 156 Å².